The lowest BCUT2D eigenvalue weighted by molar-refractivity contribution is 0.0412. The van der Waals surface area contributed by atoms with Crippen molar-refractivity contribution in [2.45, 2.75) is 31.4 Å². The second-order valence-corrected chi connectivity index (χ2v) is 4.82. The van der Waals surface area contributed by atoms with Gasteiger partial charge in [-0.15, -0.1) is 12.4 Å². The van der Waals surface area contributed by atoms with E-state index in [0.29, 0.717) is 11.5 Å². The molecular formula is C14H20ClNO3. The van der Waals surface area contributed by atoms with E-state index in [-0.39, 0.29) is 18.4 Å². The first-order valence-corrected chi connectivity index (χ1v) is 6.25. The van der Waals surface area contributed by atoms with Crippen LogP contribution in [-0.4, -0.2) is 24.3 Å². The Labute approximate surface area is 119 Å². The molecule has 0 heterocycles. The standard InChI is InChI=1S/C14H19NO3.ClH/c1-18-14(17)11-7-3-6-10(8-11)12(15)13(16)9-4-2-5-9;/h3,6-9,12-13,16H,2,4-5,15H2,1H3;1H/t12-,13+;/m0./s1. The van der Waals surface area contributed by atoms with Gasteiger partial charge in [-0.25, -0.2) is 4.79 Å². The minimum absolute atomic E-state index is 0. The average Bonchev–Trinajstić information content (AvgIpc) is 2.35. The summed E-state index contributed by atoms with van der Waals surface area (Å²) in [6.07, 6.45) is 2.69. The number of aliphatic hydroxyl groups excluding tert-OH is 1. The molecule has 0 aromatic heterocycles. The van der Waals surface area contributed by atoms with Crippen LogP contribution in [0.15, 0.2) is 24.3 Å². The average molecular weight is 286 g/mol. The van der Waals surface area contributed by atoms with Gasteiger partial charge in [0.2, 0.25) is 0 Å². The maximum Gasteiger partial charge on any atom is 0.337 e. The molecule has 0 amide bonds. The molecular weight excluding hydrogens is 266 g/mol. The predicted octanol–water partition coefficient (Wildman–Crippen LogP) is 2.06. The first kappa shape index (κ1) is 16.0. The van der Waals surface area contributed by atoms with E-state index < -0.39 is 12.1 Å². The van der Waals surface area contributed by atoms with Gasteiger partial charge in [0.25, 0.3) is 0 Å². The molecule has 1 fully saturated rings. The van der Waals surface area contributed by atoms with Crippen molar-refractivity contribution in [3.8, 4) is 0 Å². The second-order valence-electron chi connectivity index (χ2n) is 4.82. The fourth-order valence-electron chi connectivity index (χ4n) is 2.26. The van der Waals surface area contributed by atoms with E-state index in [0.717, 1.165) is 24.8 Å². The van der Waals surface area contributed by atoms with Gasteiger partial charge < -0.3 is 15.6 Å². The van der Waals surface area contributed by atoms with Gasteiger partial charge in [0, 0.05) is 0 Å². The first-order valence-electron chi connectivity index (χ1n) is 6.25. The zero-order valence-electron chi connectivity index (χ0n) is 10.9. The molecule has 0 aliphatic heterocycles. The van der Waals surface area contributed by atoms with Crippen LogP contribution < -0.4 is 5.73 Å². The molecule has 1 aromatic carbocycles. The quantitative estimate of drug-likeness (QED) is 0.831. The summed E-state index contributed by atoms with van der Waals surface area (Å²) < 4.78 is 4.67. The highest BCUT2D eigenvalue weighted by Gasteiger charge is 2.30. The molecule has 0 radical (unpaired) electrons. The summed E-state index contributed by atoms with van der Waals surface area (Å²) in [6.45, 7) is 0. The Hall–Kier alpha value is -1.10. The number of carbonyl (C=O) groups excluding carboxylic acids is 1. The molecule has 19 heavy (non-hydrogen) atoms. The van der Waals surface area contributed by atoms with Gasteiger partial charge in [-0.2, -0.15) is 0 Å². The van der Waals surface area contributed by atoms with Gasteiger partial charge in [0.05, 0.1) is 24.8 Å². The van der Waals surface area contributed by atoms with Crippen LogP contribution >= 0.6 is 12.4 Å². The summed E-state index contributed by atoms with van der Waals surface area (Å²) in [6, 6.07) is 6.52. The minimum atomic E-state index is -0.536. The summed E-state index contributed by atoms with van der Waals surface area (Å²) in [4.78, 5) is 11.4. The zero-order valence-corrected chi connectivity index (χ0v) is 11.7. The van der Waals surface area contributed by atoms with Crippen LogP contribution in [0.5, 0.6) is 0 Å². The SMILES string of the molecule is COC(=O)c1cccc([C@H](N)[C@H](O)C2CCC2)c1.Cl. The van der Waals surface area contributed by atoms with Gasteiger partial charge in [-0.1, -0.05) is 18.6 Å². The third-order valence-electron chi connectivity index (χ3n) is 3.69. The van der Waals surface area contributed by atoms with Gasteiger partial charge in [-0.05, 0) is 36.5 Å². The summed E-state index contributed by atoms with van der Waals surface area (Å²) in [5, 5.41) is 10.1. The molecule has 5 heteroatoms. The van der Waals surface area contributed by atoms with Crippen molar-refractivity contribution in [2.24, 2.45) is 11.7 Å². The van der Waals surface area contributed by atoms with Crippen molar-refractivity contribution in [3.63, 3.8) is 0 Å². The van der Waals surface area contributed by atoms with Crippen LogP contribution in [0.4, 0.5) is 0 Å². The highest BCUT2D eigenvalue weighted by Crippen LogP contribution is 2.34. The molecule has 2 rings (SSSR count). The van der Waals surface area contributed by atoms with Gasteiger partial charge in [-0.3, -0.25) is 0 Å². The minimum Gasteiger partial charge on any atom is -0.465 e. The lowest BCUT2D eigenvalue weighted by Gasteiger charge is -2.33. The monoisotopic (exact) mass is 285 g/mol. The van der Waals surface area contributed by atoms with Crippen LogP contribution in [0.2, 0.25) is 0 Å². The number of carbonyl (C=O) groups is 1. The molecule has 1 aromatic rings. The predicted molar refractivity (Wildman–Crippen MR) is 75.3 cm³/mol. The Morgan fingerprint density at radius 1 is 1.47 bits per heavy atom. The number of hydrogen-bond donors (Lipinski definition) is 2. The van der Waals surface area contributed by atoms with E-state index in [4.69, 9.17) is 5.73 Å². The van der Waals surface area contributed by atoms with E-state index >= 15 is 0 Å². The second kappa shape index (κ2) is 6.89. The van der Waals surface area contributed by atoms with Gasteiger partial charge >= 0.3 is 5.97 Å². The topological polar surface area (TPSA) is 72.5 Å². The molecule has 1 saturated carbocycles. The van der Waals surface area contributed by atoms with E-state index in [1.54, 1.807) is 18.2 Å². The van der Waals surface area contributed by atoms with Gasteiger partial charge in [0.1, 0.15) is 0 Å². The molecule has 0 unspecified atom stereocenters. The molecule has 2 atom stereocenters. The number of methoxy groups -OCH3 is 1. The van der Waals surface area contributed by atoms with Crippen LogP contribution in [0.25, 0.3) is 0 Å². The lowest BCUT2D eigenvalue weighted by atomic mass is 9.77. The van der Waals surface area contributed by atoms with E-state index in [1.165, 1.54) is 7.11 Å². The molecule has 4 nitrogen and oxygen atoms in total. The number of benzene rings is 1. The van der Waals surface area contributed by atoms with Crippen molar-refractivity contribution < 1.29 is 14.6 Å². The zero-order chi connectivity index (χ0) is 13.1. The number of ether oxygens (including phenoxy) is 1. The molecule has 3 N–H and O–H groups in total. The molecule has 0 spiro atoms. The fourth-order valence-corrected chi connectivity index (χ4v) is 2.26. The summed E-state index contributed by atoms with van der Waals surface area (Å²) in [5.74, 6) is -0.0935. The van der Waals surface area contributed by atoms with Crippen LogP contribution in [0, 0.1) is 5.92 Å². The summed E-state index contributed by atoms with van der Waals surface area (Å²) >= 11 is 0. The smallest absolute Gasteiger partial charge is 0.337 e. The van der Waals surface area contributed by atoms with Crippen molar-refractivity contribution in [3.05, 3.63) is 35.4 Å². The largest absolute Gasteiger partial charge is 0.465 e. The fraction of sp³-hybridized carbons (Fsp3) is 0.500. The van der Waals surface area contributed by atoms with Crippen LogP contribution in [0.3, 0.4) is 0 Å². The number of aliphatic hydroxyl groups is 1. The highest BCUT2D eigenvalue weighted by atomic mass is 35.5. The molecule has 0 saturated heterocycles. The van der Waals surface area contributed by atoms with Crippen molar-refractivity contribution >= 4 is 18.4 Å². The molecule has 0 bridgehead atoms. The molecule has 1 aliphatic rings. The summed E-state index contributed by atoms with van der Waals surface area (Å²) in [7, 11) is 1.35. The van der Waals surface area contributed by atoms with E-state index in [9.17, 15) is 9.90 Å². The van der Waals surface area contributed by atoms with Crippen molar-refractivity contribution in [1.82, 2.24) is 0 Å². The van der Waals surface area contributed by atoms with Crippen LogP contribution in [-0.2, 0) is 4.74 Å². The molecule has 106 valence electrons. The lowest BCUT2D eigenvalue weighted by Crippen LogP contribution is -2.36. The van der Waals surface area contributed by atoms with Crippen molar-refractivity contribution in [2.75, 3.05) is 7.11 Å². The van der Waals surface area contributed by atoms with E-state index in [1.807, 2.05) is 6.07 Å². The molecule has 1 aliphatic carbocycles. The number of hydrogen-bond acceptors (Lipinski definition) is 4. The third-order valence-corrected chi connectivity index (χ3v) is 3.69. The Kier molecular flexibility index (Phi) is 5.79. The number of esters is 1. The first-order chi connectivity index (χ1) is 8.63. The number of nitrogens with two attached hydrogens (primary N) is 1. The Bertz CT molecular complexity index is 434. The maximum absolute atomic E-state index is 11.4. The normalized spacial score (nSPS) is 17.8. The Balaban J connectivity index is 0.00000180. The third kappa shape index (κ3) is 3.47. The number of rotatable bonds is 4. The van der Waals surface area contributed by atoms with Crippen LogP contribution in [0.1, 0.15) is 41.2 Å². The highest BCUT2D eigenvalue weighted by molar-refractivity contribution is 5.89. The Morgan fingerprint density at radius 3 is 2.68 bits per heavy atom. The van der Waals surface area contributed by atoms with Crippen molar-refractivity contribution in [1.29, 1.82) is 0 Å². The van der Waals surface area contributed by atoms with Gasteiger partial charge in [0.15, 0.2) is 0 Å². The summed E-state index contributed by atoms with van der Waals surface area (Å²) in [5.41, 5.74) is 7.30. The maximum atomic E-state index is 11.4. The van der Waals surface area contributed by atoms with E-state index in [2.05, 4.69) is 4.74 Å². The number of halogens is 1. The Morgan fingerprint density at radius 2 is 2.16 bits per heavy atom.